The molecule has 0 atom stereocenters. The number of amides is 1. The molecule has 0 bridgehead atoms. The number of ether oxygens (including phenoxy) is 4. The highest BCUT2D eigenvalue weighted by Gasteiger charge is 2.17. The van der Waals surface area contributed by atoms with E-state index in [-0.39, 0.29) is 12.5 Å². The van der Waals surface area contributed by atoms with Crippen LogP contribution in [0.4, 0.5) is 5.82 Å². The molecule has 0 saturated heterocycles. The molecule has 1 heterocycles. The lowest BCUT2D eigenvalue weighted by Gasteiger charge is -2.16. The molecule has 0 fully saturated rings. The van der Waals surface area contributed by atoms with Crippen molar-refractivity contribution in [2.45, 2.75) is 6.54 Å². The summed E-state index contributed by atoms with van der Waals surface area (Å²) in [7, 11) is 4.68. The van der Waals surface area contributed by atoms with Gasteiger partial charge in [0.05, 0.1) is 34.1 Å². The van der Waals surface area contributed by atoms with E-state index in [2.05, 4.69) is 10.4 Å². The summed E-state index contributed by atoms with van der Waals surface area (Å²) in [6, 6.07) is 14.5. The standard InChI is InChI=1S/C21H23N3O5/c1-26-17-10-9-15(20(27-2)21(17)28-3)13-24-18(11-12-22-24)23-19(25)14-29-16-7-5-4-6-8-16/h4-12H,13-14H2,1-3H3,(H,23,25). The minimum atomic E-state index is -0.283. The van der Waals surface area contributed by atoms with E-state index in [0.717, 1.165) is 5.56 Å². The van der Waals surface area contributed by atoms with Gasteiger partial charge in [0.25, 0.3) is 5.91 Å². The summed E-state index contributed by atoms with van der Waals surface area (Å²) in [4.78, 5) is 12.3. The van der Waals surface area contributed by atoms with Gasteiger partial charge in [0, 0.05) is 11.6 Å². The zero-order valence-electron chi connectivity index (χ0n) is 16.5. The molecule has 152 valence electrons. The molecule has 29 heavy (non-hydrogen) atoms. The fourth-order valence-corrected chi connectivity index (χ4v) is 2.86. The zero-order chi connectivity index (χ0) is 20.6. The van der Waals surface area contributed by atoms with Crippen LogP contribution in [0.3, 0.4) is 0 Å². The molecule has 3 rings (SSSR count). The van der Waals surface area contributed by atoms with Gasteiger partial charge in [-0.05, 0) is 24.3 Å². The van der Waals surface area contributed by atoms with Crippen LogP contribution in [0.1, 0.15) is 5.56 Å². The van der Waals surface area contributed by atoms with Crippen molar-refractivity contribution in [1.29, 1.82) is 0 Å². The topological polar surface area (TPSA) is 83.8 Å². The number of methoxy groups -OCH3 is 3. The molecule has 0 spiro atoms. The zero-order valence-corrected chi connectivity index (χ0v) is 16.5. The second-order valence-electron chi connectivity index (χ2n) is 6.02. The molecule has 0 unspecified atom stereocenters. The Balaban J connectivity index is 1.71. The Morgan fingerprint density at radius 3 is 2.41 bits per heavy atom. The molecule has 1 N–H and O–H groups in total. The van der Waals surface area contributed by atoms with Crippen LogP contribution in [-0.4, -0.2) is 43.6 Å². The monoisotopic (exact) mass is 397 g/mol. The average Bonchev–Trinajstić information content (AvgIpc) is 3.18. The number of anilines is 1. The molecule has 0 aliphatic carbocycles. The molecule has 1 aromatic heterocycles. The maximum absolute atomic E-state index is 12.3. The highest BCUT2D eigenvalue weighted by atomic mass is 16.5. The van der Waals surface area contributed by atoms with Crippen molar-refractivity contribution in [3.63, 3.8) is 0 Å². The molecular formula is C21H23N3O5. The van der Waals surface area contributed by atoms with Gasteiger partial charge in [0.15, 0.2) is 18.1 Å². The Bertz CT molecular complexity index is 956. The third kappa shape index (κ3) is 4.78. The quantitative estimate of drug-likeness (QED) is 0.598. The fraction of sp³-hybridized carbons (Fsp3) is 0.238. The Morgan fingerprint density at radius 1 is 0.966 bits per heavy atom. The number of nitrogens with one attached hydrogen (secondary N) is 1. The van der Waals surface area contributed by atoms with E-state index in [1.807, 2.05) is 24.3 Å². The van der Waals surface area contributed by atoms with Crippen molar-refractivity contribution < 1.29 is 23.7 Å². The van der Waals surface area contributed by atoms with Crippen LogP contribution in [0.15, 0.2) is 54.7 Å². The largest absolute Gasteiger partial charge is 0.493 e. The lowest BCUT2D eigenvalue weighted by Crippen LogP contribution is -2.22. The van der Waals surface area contributed by atoms with E-state index in [1.165, 1.54) is 0 Å². The molecule has 8 heteroatoms. The minimum Gasteiger partial charge on any atom is -0.493 e. The smallest absolute Gasteiger partial charge is 0.263 e. The van der Waals surface area contributed by atoms with E-state index < -0.39 is 0 Å². The molecule has 0 saturated carbocycles. The van der Waals surface area contributed by atoms with Crippen LogP contribution in [0.5, 0.6) is 23.0 Å². The lowest BCUT2D eigenvalue weighted by atomic mass is 10.1. The van der Waals surface area contributed by atoms with Crippen molar-refractivity contribution in [2.24, 2.45) is 0 Å². The van der Waals surface area contributed by atoms with Crippen LogP contribution in [-0.2, 0) is 11.3 Å². The number of nitrogens with zero attached hydrogens (tertiary/aromatic N) is 2. The highest BCUT2D eigenvalue weighted by Crippen LogP contribution is 2.40. The summed E-state index contributed by atoms with van der Waals surface area (Å²) < 4.78 is 23.4. The molecule has 3 aromatic rings. The summed E-state index contributed by atoms with van der Waals surface area (Å²) in [6.45, 7) is 0.264. The average molecular weight is 397 g/mol. The van der Waals surface area contributed by atoms with Gasteiger partial charge in [-0.3, -0.25) is 4.79 Å². The molecule has 8 nitrogen and oxygen atoms in total. The van der Waals surface area contributed by atoms with E-state index in [4.69, 9.17) is 18.9 Å². The Morgan fingerprint density at radius 2 is 1.72 bits per heavy atom. The van der Waals surface area contributed by atoms with Gasteiger partial charge >= 0.3 is 0 Å². The first kappa shape index (κ1) is 20.1. The number of aromatic nitrogens is 2. The second-order valence-corrected chi connectivity index (χ2v) is 6.02. The van der Waals surface area contributed by atoms with Gasteiger partial charge in [0.2, 0.25) is 5.75 Å². The first-order valence-corrected chi connectivity index (χ1v) is 8.93. The summed E-state index contributed by atoms with van der Waals surface area (Å²) in [5.74, 6) is 2.51. The van der Waals surface area contributed by atoms with E-state index >= 15 is 0 Å². The fourth-order valence-electron chi connectivity index (χ4n) is 2.86. The van der Waals surface area contributed by atoms with Crippen LogP contribution >= 0.6 is 0 Å². The Kier molecular flexibility index (Phi) is 6.57. The predicted molar refractivity (Wildman–Crippen MR) is 108 cm³/mol. The number of rotatable bonds is 9. The summed E-state index contributed by atoms with van der Waals surface area (Å²) in [6.07, 6.45) is 1.61. The van der Waals surface area contributed by atoms with Crippen molar-refractivity contribution >= 4 is 11.7 Å². The number of carbonyl (C=O) groups excluding carboxylic acids is 1. The SMILES string of the molecule is COc1ccc(Cn2nccc2NC(=O)COc2ccccc2)c(OC)c1OC. The second kappa shape index (κ2) is 9.50. The Hall–Kier alpha value is -3.68. The van der Waals surface area contributed by atoms with Gasteiger partial charge in [-0.1, -0.05) is 18.2 Å². The maximum Gasteiger partial charge on any atom is 0.263 e. The van der Waals surface area contributed by atoms with Gasteiger partial charge < -0.3 is 24.3 Å². The van der Waals surface area contributed by atoms with Crippen LogP contribution in [0.2, 0.25) is 0 Å². The van der Waals surface area contributed by atoms with Crippen molar-refractivity contribution in [3.8, 4) is 23.0 Å². The predicted octanol–water partition coefficient (Wildman–Crippen LogP) is 2.97. The van der Waals surface area contributed by atoms with Gasteiger partial charge in [-0.15, -0.1) is 0 Å². The van der Waals surface area contributed by atoms with Crippen molar-refractivity contribution in [1.82, 2.24) is 9.78 Å². The highest BCUT2D eigenvalue weighted by molar-refractivity contribution is 5.91. The Labute approximate surface area is 169 Å². The van der Waals surface area contributed by atoms with E-state index in [0.29, 0.717) is 35.4 Å². The third-order valence-corrected chi connectivity index (χ3v) is 4.20. The molecule has 0 radical (unpaired) electrons. The van der Waals surface area contributed by atoms with Crippen molar-refractivity contribution in [2.75, 3.05) is 33.3 Å². The number of hydrogen-bond donors (Lipinski definition) is 1. The number of carbonyl (C=O) groups is 1. The van der Waals surface area contributed by atoms with E-state index in [9.17, 15) is 4.79 Å². The first-order chi connectivity index (χ1) is 14.2. The van der Waals surface area contributed by atoms with E-state index in [1.54, 1.807) is 56.5 Å². The number of benzene rings is 2. The summed E-state index contributed by atoms with van der Waals surface area (Å²) in [5.41, 5.74) is 0.824. The minimum absolute atomic E-state index is 0.102. The van der Waals surface area contributed by atoms with Crippen LogP contribution in [0.25, 0.3) is 0 Å². The number of para-hydroxylation sites is 1. The molecule has 0 aliphatic rings. The molecule has 0 aliphatic heterocycles. The van der Waals surface area contributed by atoms with Crippen LogP contribution in [0, 0.1) is 0 Å². The first-order valence-electron chi connectivity index (χ1n) is 8.93. The van der Waals surface area contributed by atoms with Crippen LogP contribution < -0.4 is 24.3 Å². The lowest BCUT2D eigenvalue weighted by molar-refractivity contribution is -0.118. The third-order valence-electron chi connectivity index (χ3n) is 4.20. The summed E-state index contributed by atoms with van der Waals surface area (Å²) >= 11 is 0. The van der Waals surface area contributed by atoms with Gasteiger partial charge in [0.1, 0.15) is 11.6 Å². The maximum atomic E-state index is 12.3. The summed E-state index contributed by atoms with van der Waals surface area (Å²) in [5, 5.41) is 7.10. The van der Waals surface area contributed by atoms with Gasteiger partial charge in [-0.2, -0.15) is 5.10 Å². The van der Waals surface area contributed by atoms with Crippen molar-refractivity contribution in [3.05, 3.63) is 60.3 Å². The molecular weight excluding hydrogens is 374 g/mol. The normalized spacial score (nSPS) is 10.3. The van der Waals surface area contributed by atoms with Gasteiger partial charge in [-0.25, -0.2) is 4.68 Å². The molecule has 2 aromatic carbocycles. The molecule has 1 amide bonds. The number of hydrogen-bond acceptors (Lipinski definition) is 6.